The number of halogens is 1. The molecule has 1 aliphatic heterocycles. The Morgan fingerprint density at radius 2 is 2.08 bits per heavy atom. The van der Waals surface area contributed by atoms with Crippen LogP contribution in [0.25, 0.3) is 11.4 Å². The number of benzene rings is 2. The molecule has 0 bridgehead atoms. The van der Waals surface area contributed by atoms with Crippen molar-refractivity contribution in [1.29, 1.82) is 0 Å². The second kappa shape index (κ2) is 11.5. The third-order valence-electron chi connectivity index (χ3n) is 6.67. The SMILES string of the molecule is C[C@H](NC(=O)[C@H]1C[C@@H](c2cccc(-n3cccn3)c2)CCN1)C(=O)NCc1cc(Cl)ccc1-n1cnnn1. The Balaban J connectivity index is 1.17. The van der Waals surface area contributed by atoms with Crippen molar-refractivity contribution in [2.45, 2.75) is 44.3 Å². The van der Waals surface area contributed by atoms with Crippen LogP contribution in [0.3, 0.4) is 0 Å². The molecule has 196 valence electrons. The highest BCUT2D eigenvalue weighted by Gasteiger charge is 2.29. The molecule has 0 aliphatic carbocycles. The number of carbonyl (C=O) groups is 2. The van der Waals surface area contributed by atoms with Gasteiger partial charge in [-0.15, -0.1) is 5.10 Å². The lowest BCUT2D eigenvalue weighted by molar-refractivity contribution is -0.130. The van der Waals surface area contributed by atoms with Gasteiger partial charge in [-0.25, -0.2) is 9.36 Å². The maximum absolute atomic E-state index is 13.1. The quantitative estimate of drug-likeness (QED) is 0.316. The van der Waals surface area contributed by atoms with E-state index in [1.807, 2.05) is 29.1 Å². The number of tetrazole rings is 1. The van der Waals surface area contributed by atoms with Crippen LogP contribution >= 0.6 is 11.6 Å². The van der Waals surface area contributed by atoms with Gasteiger partial charge in [-0.3, -0.25) is 9.59 Å². The fraction of sp³-hybridized carbons (Fsp3) is 0.308. The van der Waals surface area contributed by atoms with E-state index in [4.69, 9.17) is 11.6 Å². The molecule has 1 aliphatic rings. The van der Waals surface area contributed by atoms with Crippen LogP contribution in [0.15, 0.2) is 67.3 Å². The summed E-state index contributed by atoms with van der Waals surface area (Å²) in [5.41, 5.74) is 3.60. The van der Waals surface area contributed by atoms with Gasteiger partial charge in [0.15, 0.2) is 0 Å². The number of rotatable bonds is 8. The molecule has 3 N–H and O–H groups in total. The first kappa shape index (κ1) is 25.6. The third kappa shape index (κ3) is 5.90. The average Bonchev–Trinajstić information content (AvgIpc) is 3.67. The summed E-state index contributed by atoms with van der Waals surface area (Å²) in [6.45, 7) is 2.58. The Labute approximate surface area is 224 Å². The third-order valence-corrected chi connectivity index (χ3v) is 6.91. The lowest BCUT2D eigenvalue weighted by Gasteiger charge is -2.30. The minimum Gasteiger partial charge on any atom is -0.350 e. The van der Waals surface area contributed by atoms with Crippen LogP contribution < -0.4 is 16.0 Å². The van der Waals surface area contributed by atoms with Gasteiger partial charge in [0.05, 0.1) is 17.4 Å². The van der Waals surface area contributed by atoms with Gasteiger partial charge in [-0.05, 0) is 90.2 Å². The highest BCUT2D eigenvalue weighted by Crippen LogP contribution is 2.29. The highest BCUT2D eigenvalue weighted by atomic mass is 35.5. The second-order valence-electron chi connectivity index (χ2n) is 9.25. The van der Waals surface area contributed by atoms with Gasteiger partial charge in [0.25, 0.3) is 0 Å². The van der Waals surface area contributed by atoms with Crippen molar-refractivity contribution in [3.8, 4) is 11.4 Å². The molecule has 2 aromatic heterocycles. The molecule has 0 spiro atoms. The lowest BCUT2D eigenvalue weighted by atomic mass is 9.86. The molecule has 5 rings (SSSR count). The molecular formula is C26H28ClN9O2. The molecule has 0 unspecified atom stereocenters. The van der Waals surface area contributed by atoms with Crippen LogP contribution in [0.2, 0.25) is 5.02 Å². The molecule has 3 atom stereocenters. The first-order valence-electron chi connectivity index (χ1n) is 12.4. The average molecular weight is 534 g/mol. The summed E-state index contributed by atoms with van der Waals surface area (Å²) in [6, 6.07) is 14.3. The fourth-order valence-electron chi connectivity index (χ4n) is 4.67. The molecule has 3 heterocycles. The van der Waals surface area contributed by atoms with Crippen molar-refractivity contribution in [2.24, 2.45) is 0 Å². The van der Waals surface area contributed by atoms with Crippen LogP contribution in [0.1, 0.15) is 36.8 Å². The topological polar surface area (TPSA) is 132 Å². The molecule has 2 amide bonds. The van der Waals surface area contributed by atoms with Gasteiger partial charge in [0, 0.05) is 24.0 Å². The number of hydrogen-bond donors (Lipinski definition) is 3. The Bertz CT molecular complexity index is 1390. The standard InChI is InChI=1S/C26H28ClN9O2/c1-17(25(37)29-15-20-12-21(27)6-7-24(20)36-16-30-33-34-36)32-26(38)23-14-19(8-10-28-23)18-4-2-5-22(13-18)35-11-3-9-31-35/h2-7,9,11-13,16-17,19,23,28H,8,10,14-15H2,1H3,(H,29,37)(H,32,38)/t17-,19-,23+/m0/s1. The number of nitrogens with zero attached hydrogens (tertiary/aromatic N) is 6. The molecule has 1 fully saturated rings. The number of aromatic nitrogens is 6. The molecule has 38 heavy (non-hydrogen) atoms. The van der Waals surface area contributed by atoms with Crippen molar-refractivity contribution in [3.05, 3.63) is 83.4 Å². The molecule has 0 saturated carbocycles. The summed E-state index contributed by atoms with van der Waals surface area (Å²) in [6.07, 6.45) is 6.68. The van der Waals surface area contributed by atoms with Crippen LogP contribution in [0.5, 0.6) is 0 Å². The van der Waals surface area contributed by atoms with E-state index >= 15 is 0 Å². The largest absolute Gasteiger partial charge is 0.350 e. The first-order valence-corrected chi connectivity index (χ1v) is 12.8. The van der Waals surface area contributed by atoms with E-state index in [1.165, 1.54) is 16.6 Å². The second-order valence-corrected chi connectivity index (χ2v) is 9.69. The number of carbonyl (C=O) groups excluding carboxylic acids is 2. The van der Waals surface area contributed by atoms with Crippen LogP contribution in [0, 0.1) is 0 Å². The maximum Gasteiger partial charge on any atom is 0.242 e. The minimum atomic E-state index is -0.719. The number of nitrogens with one attached hydrogen (secondary N) is 3. The lowest BCUT2D eigenvalue weighted by Crippen LogP contribution is -2.53. The molecular weight excluding hydrogens is 506 g/mol. The zero-order valence-electron chi connectivity index (χ0n) is 20.8. The predicted molar refractivity (Wildman–Crippen MR) is 141 cm³/mol. The number of hydrogen-bond acceptors (Lipinski definition) is 7. The zero-order chi connectivity index (χ0) is 26.5. The van der Waals surface area contributed by atoms with E-state index in [0.717, 1.165) is 17.7 Å². The van der Waals surface area contributed by atoms with E-state index in [-0.39, 0.29) is 24.3 Å². The first-order chi connectivity index (χ1) is 18.5. The molecule has 12 heteroatoms. The van der Waals surface area contributed by atoms with Gasteiger partial charge in [0.1, 0.15) is 12.4 Å². The summed E-state index contributed by atoms with van der Waals surface area (Å²) in [5.74, 6) is -0.280. The van der Waals surface area contributed by atoms with E-state index < -0.39 is 12.1 Å². The molecule has 11 nitrogen and oxygen atoms in total. The van der Waals surface area contributed by atoms with Gasteiger partial charge in [0.2, 0.25) is 11.8 Å². The van der Waals surface area contributed by atoms with Crippen molar-refractivity contribution in [1.82, 2.24) is 45.9 Å². The smallest absolute Gasteiger partial charge is 0.242 e. The summed E-state index contributed by atoms with van der Waals surface area (Å²) in [4.78, 5) is 25.9. The summed E-state index contributed by atoms with van der Waals surface area (Å²) in [5, 5.41) is 25.1. The van der Waals surface area contributed by atoms with Gasteiger partial charge >= 0.3 is 0 Å². The van der Waals surface area contributed by atoms with E-state index in [0.29, 0.717) is 23.7 Å². The Morgan fingerprint density at radius 1 is 1.18 bits per heavy atom. The molecule has 2 aromatic carbocycles. The van der Waals surface area contributed by atoms with Crippen molar-refractivity contribution in [3.63, 3.8) is 0 Å². The summed E-state index contributed by atoms with van der Waals surface area (Å²) >= 11 is 6.16. The molecule has 0 radical (unpaired) electrons. The summed E-state index contributed by atoms with van der Waals surface area (Å²) in [7, 11) is 0. The summed E-state index contributed by atoms with van der Waals surface area (Å²) < 4.78 is 3.32. The van der Waals surface area contributed by atoms with E-state index in [1.54, 1.807) is 31.3 Å². The van der Waals surface area contributed by atoms with E-state index in [9.17, 15) is 9.59 Å². The maximum atomic E-state index is 13.1. The normalized spacial score (nSPS) is 18.1. The predicted octanol–water partition coefficient (Wildman–Crippen LogP) is 2.16. The number of amides is 2. The highest BCUT2D eigenvalue weighted by molar-refractivity contribution is 6.30. The van der Waals surface area contributed by atoms with Crippen molar-refractivity contribution < 1.29 is 9.59 Å². The number of piperidine rings is 1. The monoisotopic (exact) mass is 533 g/mol. The van der Waals surface area contributed by atoms with Crippen LogP contribution in [-0.4, -0.2) is 60.4 Å². The van der Waals surface area contributed by atoms with Crippen LogP contribution in [-0.2, 0) is 16.1 Å². The van der Waals surface area contributed by atoms with Crippen LogP contribution in [0.4, 0.5) is 0 Å². The fourth-order valence-corrected chi connectivity index (χ4v) is 4.86. The zero-order valence-corrected chi connectivity index (χ0v) is 21.5. The van der Waals surface area contributed by atoms with Gasteiger partial charge < -0.3 is 16.0 Å². The molecule has 1 saturated heterocycles. The molecule has 4 aromatic rings. The van der Waals surface area contributed by atoms with Crippen molar-refractivity contribution in [2.75, 3.05) is 6.54 Å². The Morgan fingerprint density at radius 3 is 2.87 bits per heavy atom. The van der Waals surface area contributed by atoms with E-state index in [2.05, 4.69) is 48.7 Å². The Hall–Kier alpha value is -4.09. The minimum absolute atomic E-state index is 0.197. The van der Waals surface area contributed by atoms with Gasteiger partial charge in [-0.1, -0.05) is 23.7 Å². The Kier molecular flexibility index (Phi) is 7.75. The van der Waals surface area contributed by atoms with Gasteiger partial charge in [-0.2, -0.15) is 5.10 Å². The van der Waals surface area contributed by atoms with Crippen molar-refractivity contribution >= 4 is 23.4 Å².